The number of rotatable bonds is 1. The molecule has 5 heteroatoms. The van der Waals surface area contributed by atoms with Gasteiger partial charge in [-0.15, -0.1) is 11.8 Å². The smallest absolute Gasteiger partial charge is 0.198 e. The van der Waals surface area contributed by atoms with Crippen LogP contribution in [0.15, 0.2) is 11.0 Å². The van der Waals surface area contributed by atoms with Gasteiger partial charge in [-0.2, -0.15) is 0 Å². The number of hydrogen-bond acceptors (Lipinski definition) is 1. The van der Waals surface area contributed by atoms with Crippen molar-refractivity contribution in [3.63, 3.8) is 0 Å². The number of thioether (sulfide) groups is 1. The van der Waals surface area contributed by atoms with Crippen molar-refractivity contribution >= 4 is 11.8 Å². The van der Waals surface area contributed by atoms with Gasteiger partial charge in [0.2, 0.25) is 0 Å². The molecule has 0 heterocycles. The maximum absolute atomic E-state index is 12.6. The lowest BCUT2D eigenvalue weighted by atomic mass is 10.3. The van der Waals surface area contributed by atoms with Gasteiger partial charge in [0.1, 0.15) is 0 Å². The van der Waals surface area contributed by atoms with Crippen LogP contribution in [0, 0.1) is 23.3 Å². The molecular formula is C7H4F4S. The van der Waals surface area contributed by atoms with Crippen LogP contribution in [0.25, 0.3) is 0 Å². The Labute approximate surface area is 70.6 Å². The summed E-state index contributed by atoms with van der Waals surface area (Å²) in [4.78, 5) is -0.244. The molecule has 1 rings (SSSR count). The zero-order valence-corrected chi connectivity index (χ0v) is 6.81. The zero-order valence-electron chi connectivity index (χ0n) is 6.00. The van der Waals surface area contributed by atoms with Crippen molar-refractivity contribution in [2.24, 2.45) is 0 Å². The van der Waals surface area contributed by atoms with Gasteiger partial charge < -0.3 is 0 Å². The molecule has 0 aliphatic rings. The van der Waals surface area contributed by atoms with E-state index < -0.39 is 23.3 Å². The van der Waals surface area contributed by atoms with E-state index >= 15 is 0 Å². The number of halogens is 4. The Bertz CT molecular complexity index is 311. The van der Waals surface area contributed by atoms with Crippen molar-refractivity contribution in [1.29, 1.82) is 0 Å². The predicted octanol–water partition coefficient (Wildman–Crippen LogP) is 2.96. The van der Waals surface area contributed by atoms with Gasteiger partial charge >= 0.3 is 0 Å². The summed E-state index contributed by atoms with van der Waals surface area (Å²) in [6.45, 7) is 0. The first-order valence-corrected chi connectivity index (χ1v) is 4.17. The second-order valence-corrected chi connectivity index (χ2v) is 2.85. The average molecular weight is 196 g/mol. The summed E-state index contributed by atoms with van der Waals surface area (Å²) in [5, 5.41) is 0. The first-order chi connectivity index (χ1) is 5.57. The molecule has 0 saturated heterocycles. The molecule has 0 radical (unpaired) electrons. The molecule has 0 fully saturated rings. The van der Waals surface area contributed by atoms with Crippen LogP contribution in [0.5, 0.6) is 0 Å². The molecule has 0 spiro atoms. The minimum atomic E-state index is -1.77. The minimum absolute atomic E-state index is 0.244. The highest BCUT2D eigenvalue weighted by molar-refractivity contribution is 7.98. The van der Waals surface area contributed by atoms with Crippen LogP contribution < -0.4 is 0 Å². The highest BCUT2D eigenvalue weighted by atomic mass is 32.2. The Hall–Kier alpha value is -0.710. The first kappa shape index (κ1) is 9.38. The summed E-state index contributed by atoms with van der Waals surface area (Å²) in [6.07, 6.45) is 1.44. The van der Waals surface area contributed by atoms with Gasteiger partial charge in [0, 0.05) is 4.90 Å². The quantitative estimate of drug-likeness (QED) is 0.288. The monoisotopic (exact) mass is 196 g/mol. The van der Waals surface area contributed by atoms with Crippen molar-refractivity contribution in [1.82, 2.24) is 0 Å². The summed E-state index contributed by atoms with van der Waals surface area (Å²) in [5.41, 5.74) is 0. The molecule has 1 aromatic rings. The van der Waals surface area contributed by atoms with Gasteiger partial charge in [-0.1, -0.05) is 0 Å². The lowest BCUT2D eigenvalue weighted by molar-refractivity contribution is 0.398. The summed E-state index contributed by atoms with van der Waals surface area (Å²) in [5.74, 6) is -6.26. The van der Waals surface area contributed by atoms with Gasteiger partial charge in [-0.3, -0.25) is 0 Å². The lowest BCUT2D eigenvalue weighted by Crippen LogP contribution is -1.96. The molecule has 0 N–H and O–H groups in total. The van der Waals surface area contributed by atoms with E-state index in [9.17, 15) is 17.6 Å². The largest absolute Gasteiger partial charge is 0.204 e. The third-order valence-corrected chi connectivity index (χ3v) is 2.03. The third kappa shape index (κ3) is 1.41. The molecule has 0 aliphatic carbocycles. The molecule has 0 aliphatic heterocycles. The summed E-state index contributed by atoms with van der Waals surface area (Å²) < 4.78 is 49.8. The molecule has 66 valence electrons. The van der Waals surface area contributed by atoms with E-state index in [2.05, 4.69) is 0 Å². The Kier molecular flexibility index (Phi) is 2.62. The molecule has 12 heavy (non-hydrogen) atoms. The Balaban J connectivity index is 3.39. The van der Waals surface area contributed by atoms with Crippen LogP contribution in [0.1, 0.15) is 0 Å². The topological polar surface area (TPSA) is 0 Å². The van der Waals surface area contributed by atoms with Gasteiger partial charge in [-0.05, 0) is 12.3 Å². The molecule has 0 amide bonds. The maximum atomic E-state index is 12.6. The maximum Gasteiger partial charge on any atom is 0.198 e. The van der Waals surface area contributed by atoms with Gasteiger partial charge in [0.15, 0.2) is 23.3 Å². The minimum Gasteiger partial charge on any atom is -0.204 e. The van der Waals surface area contributed by atoms with E-state index in [1.54, 1.807) is 0 Å². The normalized spacial score (nSPS) is 10.4. The fourth-order valence-corrected chi connectivity index (χ4v) is 1.19. The lowest BCUT2D eigenvalue weighted by Gasteiger charge is -2.01. The standard InChI is InChI=1S/C7H4F4S/c1-12-4-2-3(8)5(9)7(11)6(4)10/h2H,1H3. The Morgan fingerprint density at radius 2 is 1.58 bits per heavy atom. The molecule has 0 unspecified atom stereocenters. The zero-order chi connectivity index (χ0) is 9.30. The molecule has 1 aromatic carbocycles. The van der Waals surface area contributed by atoms with Crippen LogP contribution in [-0.4, -0.2) is 6.26 Å². The van der Waals surface area contributed by atoms with E-state index in [1.807, 2.05) is 0 Å². The van der Waals surface area contributed by atoms with E-state index in [4.69, 9.17) is 0 Å². The van der Waals surface area contributed by atoms with Crippen molar-refractivity contribution in [2.45, 2.75) is 4.90 Å². The van der Waals surface area contributed by atoms with Crippen molar-refractivity contribution in [3.8, 4) is 0 Å². The molecule has 0 nitrogen and oxygen atoms in total. The average Bonchev–Trinajstić information content (AvgIpc) is 2.08. The second kappa shape index (κ2) is 3.35. The summed E-state index contributed by atoms with van der Waals surface area (Å²) in [7, 11) is 0. The third-order valence-electron chi connectivity index (χ3n) is 1.29. The van der Waals surface area contributed by atoms with Gasteiger partial charge in [0.05, 0.1) is 0 Å². The van der Waals surface area contributed by atoms with E-state index in [-0.39, 0.29) is 4.90 Å². The Morgan fingerprint density at radius 3 is 2.08 bits per heavy atom. The van der Waals surface area contributed by atoms with Crippen LogP contribution in [0.4, 0.5) is 17.6 Å². The predicted molar refractivity (Wildman–Crippen MR) is 38.1 cm³/mol. The van der Waals surface area contributed by atoms with Gasteiger partial charge in [-0.25, -0.2) is 17.6 Å². The van der Waals surface area contributed by atoms with Crippen LogP contribution in [-0.2, 0) is 0 Å². The van der Waals surface area contributed by atoms with Crippen LogP contribution in [0.3, 0.4) is 0 Å². The summed E-state index contributed by atoms with van der Waals surface area (Å²) >= 11 is 0.811. The van der Waals surface area contributed by atoms with Crippen LogP contribution >= 0.6 is 11.8 Å². The SMILES string of the molecule is CSc1cc(F)c(F)c(F)c1F. The highest BCUT2D eigenvalue weighted by Crippen LogP contribution is 2.24. The van der Waals surface area contributed by atoms with Crippen molar-refractivity contribution in [3.05, 3.63) is 29.3 Å². The molecule has 0 bridgehead atoms. The second-order valence-electron chi connectivity index (χ2n) is 2.00. The molecule has 0 aromatic heterocycles. The molecular weight excluding hydrogens is 192 g/mol. The number of hydrogen-bond donors (Lipinski definition) is 0. The van der Waals surface area contributed by atoms with E-state index in [0.29, 0.717) is 6.07 Å². The highest BCUT2D eigenvalue weighted by Gasteiger charge is 2.17. The fourth-order valence-electron chi connectivity index (χ4n) is 0.700. The molecule has 0 saturated carbocycles. The molecule has 0 atom stereocenters. The number of benzene rings is 1. The van der Waals surface area contributed by atoms with Crippen molar-refractivity contribution in [2.75, 3.05) is 6.26 Å². The Morgan fingerprint density at radius 1 is 1.00 bits per heavy atom. The van der Waals surface area contributed by atoms with E-state index in [1.165, 1.54) is 6.26 Å². The first-order valence-electron chi connectivity index (χ1n) is 2.95. The van der Waals surface area contributed by atoms with Crippen molar-refractivity contribution < 1.29 is 17.6 Å². The van der Waals surface area contributed by atoms with E-state index in [0.717, 1.165) is 11.8 Å². The van der Waals surface area contributed by atoms with Gasteiger partial charge in [0.25, 0.3) is 0 Å². The fraction of sp³-hybridized carbons (Fsp3) is 0.143. The summed E-state index contributed by atoms with van der Waals surface area (Å²) in [6, 6.07) is 0.623. The van der Waals surface area contributed by atoms with Crippen LogP contribution in [0.2, 0.25) is 0 Å².